The van der Waals surface area contributed by atoms with Crippen molar-refractivity contribution in [1.82, 2.24) is 0 Å². The lowest BCUT2D eigenvalue weighted by molar-refractivity contribution is -0.142. The number of benzene rings is 2. The maximum Gasteiger partial charge on any atom is 0.307 e. The summed E-state index contributed by atoms with van der Waals surface area (Å²) in [6.45, 7) is 0. The number of fused-ring (bicyclic) bond motifs is 3. The van der Waals surface area contributed by atoms with Gasteiger partial charge in [0.05, 0.1) is 12.1 Å². The predicted molar refractivity (Wildman–Crippen MR) is 74.0 cm³/mol. The molecule has 5 heteroatoms. The number of ether oxygens (including phenoxy) is 1. The highest BCUT2D eigenvalue weighted by molar-refractivity contribution is 6.05. The van der Waals surface area contributed by atoms with Crippen LogP contribution in [0, 0.1) is 0 Å². The van der Waals surface area contributed by atoms with Crippen molar-refractivity contribution in [3.05, 3.63) is 36.4 Å². The molecule has 102 valence electrons. The number of rotatable bonds is 2. The average molecular weight is 271 g/mol. The lowest BCUT2D eigenvalue weighted by Gasteiger charge is -2.32. The SMILES string of the molecule is CN1C(=O)C(CC(=O)O)Oc2c1ccc1ccccc21. The summed E-state index contributed by atoms with van der Waals surface area (Å²) < 4.78 is 5.67. The molecule has 1 atom stereocenters. The summed E-state index contributed by atoms with van der Waals surface area (Å²) in [6.07, 6.45) is -1.32. The van der Waals surface area contributed by atoms with Gasteiger partial charge in [-0.1, -0.05) is 30.3 Å². The fraction of sp³-hybridized carbons (Fsp3) is 0.200. The van der Waals surface area contributed by atoms with E-state index in [1.165, 1.54) is 4.90 Å². The number of carboxylic acid groups (broad SMARTS) is 1. The molecule has 1 unspecified atom stereocenters. The molecule has 0 aliphatic carbocycles. The van der Waals surface area contributed by atoms with Gasteiger partial charge in [0.25, 0.3) is 5.91 Å². The summed E-state index contributed by atoms with van der Waals surface area (Å²) in [7, 11) is 1.63. The van der Waals surface area contributed by atoms with Gasteiger partial charge in [-0.25, -0.2) is 0 Å². The summed E-state index contributed by atoms with van der Waals surface area (Å²) >= 11 is 0. The van der Waals surface area contributed by atoms with E-state index in [2.05, 4.69) is 0 Å². The molecule has 1 heterocycles. The first kappa shape index (κ1) is 12.5. The van der Waals surface area contributed by atoms with Crippen LogP contribution in [0.5, 0.6) is 5.75 Å². The third-order valence-electron chi connectivity index (χ3n) is 3.45. The van der Waals surface area contributed by atoms with Gasteiger partial charge in [-0.15, -0.1) is 0 Å². The smallest absolute Gasteiger partial charge is 0.307 e. The molecule has 3 rings (SSSR count). The van der Waals surface area contributed by atoms with Crippen LogP contribution in [-0.4, -0.2) is 30.1 Å². The molecule has 2 aromatic carbocycles. The van der Waals surface area contributed by atoms with Crippen LogP contribution in [0.2, 0.25) is 0 Å². The molecule has 0 radical (unpaired) electrons. The Morgan fingerprint density at radius 1 is 1.30 bits per heavy atom. The van der Waals surface area contributed by atoms with E-state index in [0.29, 0.717) is 11.4 Å². The minimum absolute atomic E-state index is 0.338. The molecule has 1 aliphatic heterocycles. The zero-order valence-corrected chi connectivity index (χ0v) is 10.9. The van der Waals surface area contributed by atoms with Crippen LogP contribution in [0.3, 0.4) is 0 Å². The standard InChI is InChI=1S/C15H13NO4/c1-16-11-7-6-9-4-2-3-5-10(9)14(11)20-12(15(16)19)8-13(17)18/h2-7,12H,8H2,1H3,(H,17,18). The molecule has 20 heavy (non-hydrogen) atoms. The van der Waals surface area contributed by atoms with Crippen molar-refractivity contribution >= 4 is 28.3 Å². The predicted octanol–water partition coefficient (Wildman–Crippen LogP) is 2.04. The van der Waals surface area contributed by atoms with Crippen molar-refractivity contribution in [2.24, 2.45) is 0 Å². The van der Waals surface area contributed by atoms with Crippen molar-refractivity contribution in [2.75, 3.05) is 11.9 Å². The first-order valence-corrected chi connectivity index (χ1v) is 6.25. The van der Waals surface area contributed by atoms with E-state index in [9.17, 15) is 9.59 Å². The second kappa shape index (κ2) is 4.52. The minimum Gasteiger partial charge on any atom is -0.481 e. The van der Waals surface area contributed by atoms with Crippen LogP contribution in [0.15, 0.2) is 36.4 Å². The molecular weight excluding hydrogens is 258 g/mol. The highest BCUT2D eigenvalue weighted by atomic mass is 16.5. The third kappa shape index (κ3) is 1.87. The molecule has 1 aliphatic rings. The maximum atomic E-state index is 12.1. The van der Waals surface area contributed by atoms with E-state index in [4.69, 9.17) is 9.84 Å². The van der Waals surface area contributed by atoms with Gasteiger partial charge < -0.3 is 14.7 Å². The van der Waals surface area contributed by atoms with Gasteiger partial charge in [0.1, 0.15) is 0 Å². The van der Waals surface area contributed by atoms with Crippen LogP contribution in [-0.2, 0) is 9.59 Å². The first-order valence-electron chi connectivity index (χ1n) is 6.25. The van der Waals surface area contributed by atoms with Gasteiger partial charge in [0, 0.05) is 12.4 Å². The number of carbonyl (C=O) groups excluding carboxylic acids is 1. The molecule has 5 nitrogen and oxygen atoms in total. The van der Waals surface area contributed by atoms with Crippen LogP contribution in [0.25, 0.3) is 10.8 Å². The van der Waals surface area contributed by atoms with Gasteiger partial charge in [-0.2, -0.15) is 0 Å². The van der Waals surface area contributed by atoms with Gasteiger partial charge in [0.15, 0.2) is 11.9 Å². The molecule has 0 saturated carbocycles. The Bertz CT molecular complexity index is 710. The van der Waals surface area contributed by atoms with Crippen LogP contribution in [0.4, 0.5) is 5.69 Å². The van der Waals surface area contributed by atoms with Crippen molar-refractivity contribution in [3.63, 3.8) is 0 Å². The van der Waals surface area contributed by atoms with Crippen LogP contribution >= 0.6 is 0 Å². The Hall–Kier alpha value is -2.56. The first-order chi connectivity index (χ1) is 9.58. The van der Waals surface area contributed by atoms with Gasteiger partial charge in [-0.3, -0.25) is 9.59 Å². The fourth-order valence-electron chi connectivity index (χ4n) is 2.43. The Kier molecular flexibility index (Phi) is 2.82. The van der Waals surface area contributed by atoms with E-state index in [1.54, 1.807) is 7.05 Å². The summed E-state index contributed by atoms with van der Waals surface area (Å²) in [5, 5.41) is 10.7. The largest absolute Gasteiger partial charge is 0.481 e. The average Bonchev–Trinajstić information content (AvgIpc) is 2.43. The second-order valence-electron chi connectivity index (χ2n) is 4.74. The maximum absolute atomic E-state index is 12.1. The van der Waals surface area contributed by atoms with Crippen molar-refractivity contribution in [1.29, 1.82) is 0 Å². The Morgan fingerprint density at radius 2 is 2.05 bits per heavy atom. The topological polar surface area (TPSA) is 66.8 Å². The van der Waals surface area contributed by atoms with Crippen molar-refractivity contribution in [2.45, 2.75) is 12.5 Å². The molecule has 0 fully saturated rings. The highest BCUT2D eigenvalue weighted by Crippen LogP contribution is 2.39. The second-order valence-corrected chi connectivity index (χ2v) is 4.74. The van der Waals surface area contributed by atoms with Gasteiger partial charge in [0.2, 0.25) is 0 Å². The molecule has 0 aromatic heterocycles. The fourth-order valence-corrected chi connectivity index (χ4v) is 2.43. The van der Waals surface area contributed by atoms with E-state index >= 15 is 0 Å². The van der Waals surface area contributed by atoms with E-state index in [1.807, 2.05) is 36.4 Å². The molecule has 0 saturated heterocycles. The summed E-state index contributed by atoms with van der Waals surface area (Å²) in [4.78, 5) is 24.4. The Morgan fingerprint density at radius 3 is 2.80 bits per heavy atom. The number of carbonyl (C=O) groups is 2. The van der Waals surface area contributed by atoms with Gasteiger partial charge in [-0.05, 0) is 11.5 Å². The normalized spacial score (nSPS) is 17.8. The molecule has 1 amide bonds. The highest BCUT2D eigenvalue weighted by Gasteiger charge is 2.34. The number of hydrogen-bond acceptors (Lipinski definition) is 3. The van der Waals surface area contributed by atoms with Crippen LogP contribution in [0.1, 0.15) is 6.42 Å². The summed E-state index contributed by atoms with van der Waals surface area (Å²) in [5.74, 6) is -0.827. The number of carboxylic acids is 1. The van der Waals surface area contributed by atoms with E-state index in [-0.39, 0.29) is 12.3 Å². The zero-order chi connectivity index (χ0) is 14.3. The van der Waals surface area contributed by atoms with E-state index < -0.39 is 12.1 Å². The number of aliphatic carboxylic acids is 1. The number of hydrogen-bond donors (Lipinski definition) is 1. The molecule has 1 N–H and O–H groups in total. The van der Waals surface area contributed by atoms with Crippen molar-refractivity contribution < 1.29 is 19.4 Å². The molecule has 0 bridgehead atoms. The monoisotopic (exact) mass is 271 g/mol. The lowest BCUT2D eigenvalue weighted by atomic mass is 10.1. The number of likely N-dealkylation sites (N-methyl/N-ethyl adjacent to an activating group) is 1. The van der Waals surface area contributed by atoms with Gasteiger partial charge >= 0.3 is 5.97 Å². The Balaban J connectivity index is 2.14. The summed E-state index contributed by atoms with van der Waals surface area (Å²) in [6, 6.07) is 11.4. The molecule has 2 aromatic rings. The quantitative estimate of drug-likeness (QED) is 0.907. The minimum atomic E-state index is -1.06. The Labute approximate surface area is 115 Å². The molecular formula is C15H13NO4. The number of anilines is 1. The van der Waals surface area contributed by atoms with Crippen LogP contribution < -0.4 is 9.64 Å². The molecule has 0 spiro atoms. The zero-order valence-electron chi connectivity index (χ0n) is 10.9. The summed E-state index contributed by atoms with van der Waals surface area (Å²) in [5.41, 5.74) is 0.662. The number of nitrogens with zero attached hydrogens (tertiary/aromatic N) is 1. The van der Waals surface area contributed by atoms with Crippen molar-refractivity contribution in [3.8, 4) is 5.75 Å². The van der Waals surface area contributed by atoms with E-state index in [0.717, 1.165) is 10.8 Å². The number of amides is 1. The lowest BCUT2D eigenvalue weighted by Crippen LogP contribution is -2.44. The third-order valence-corrected chi connectivity index (χ3v) is 3.45.